The van der Waals surface area contributed by atoms with Gasteiger partial charge in [0.05, 0.1) is 25.9 Å². The molecule has 1 fully saturated rings. The first-order chi connectivity index (χ1) is 21.8. The summed E-state index contributed by atoms with van der Waals surface area (Å²) in [4.78, 5) is 25.4. The molecule has 1 aliphatic rings. The number of aliphatic hydroxyl groups excluding tert-OH is 1. The second-order valence-electron chi connectivity index (χ2n) is 10.7. The zero-order valence-electron chi connectivity index (χ0n) is 25.2. The van der Waals surface area contributed by atoms with Crippen LogP contribution < -0.4 is 10.6 Å². The minimum absolute atomic E-state index is 0.00898. The molecule has 0 saturated carbocycles. The first-order valence-corrected chi connectivity index (χ1v) is 16.4. The molecule has 0 spiro atoms. The number of aryl methyl sites for hydroxylation is 1. The van der Waals surface area contributed by atoms with E-state index in [0.717, 1.165) is 31.6 Å². The monoisotopic (exact) mass is 648 g/mol. The van der Waals surface area contributed by atoms with Gasteiger partial charge >= 0.3 is 12.0 Å². The fourth-order valence-electron chi connectivity index (χ4n) is 5.07. The first-order valence-electron chi connectivity index (χ1n) is 14.6. The van der Waals surface area contributed by atoms with Gasteiger partial charge in [-0.05, 0) is 35.7 Å². The minimum atomic E-state index is -0.861. The fourth-order valence-corrected chi connectivity index (χ4v) is 7.08. The molecular weight excluding hydrogens is 613 g/mol. The summed E-state index contributed by atoms with van der Waals surface area (Å²) in [6, 6.07) is 23.0. The Morgan fingerprint density at radius 3 is 2.47 bits per heavy atom. The summed E-state index contributed by atoms with van der Waals surface area (Å²) in [5.41, 5.74) is 3.94. The van der Waals surface area contributed by atoms with Crippen LogP contribution in [0.3, 0.4) is 0 Å². The van der Waals surface area contributed by atoms with E-state index in [1.54, 1.807) is 35.2 Å². The van der Waals surface area contributed by atoms with E-state index in [1.165, 1.54) is 7.11 Å². The molecule has 5 atom stereocenters. The van der Waals surface area contributed by atoms with Crippen LogP contribution in [0.4, 0.5) is 10.5 Å². The molecule has 12 heteroatoms. The standard InChI is InChI=1S/C33H36N4O6S2/c1-20-28(19-44-33-37-36-21(2)45-33)42-31(43-29(20)24-14-12-23(18-38)13-15-24)25-10-7-11-26(17-25)34-32(40)35-27(30(39)41-3)16-22-8-5-4-6-9-22/h4-15,17,20,27-29,31,38H,16,18-19H2,1-3H3,(H2,34,35,40)/t20-,27+,28+,29+,31+/m1/s1. The molecule has 3 aromatic carbocycles. The van der Waals surface area contributed by atoms with Crippen LogP contribution in [-0.2, 0) is 32.0 Å². The zero-order valence-corrected chi connectivity index (χ0v) is 26.8. The minimum Gasteiger partial charge on any atom is -0.467 e. The van der Waals surface area contributed by atoms with Crippen LogP contribution in [0.15, 0.2) is 83.2 Å². The van der Waals surface area contributed by atoms with Crippen LogP contribution in [0.1, 0.15) is 46.6 Å². The van der Waals surface area contributed by atoms with Crippen LogP contribution in [0.5, 0.6) is 0 Å². The number of aliphatic hydroxyl groups is 1. The topological polar surface area (TPSA) is 132 Å². The maximum absolute atomic E-state index is 13.0. The van der Waals surface area contributed by atoms with E-state index in [0.29, 0.717) is 17.9 Å². The third-order valence-corrected chi connectivity index (χ3v) is 9.55. The molecule has 10 nitrogen and oxygen atoms in total. The van der Waals surface area contributed by atoms with Crippen molar-refractivity contribution in [2.24, 2.45) is 5.92 Å². The normalized spacial score (nSPS) is 20.3. The lowest BCUT2D eigenvalue weighted by molar-refractivity contribution is -0.268. The van der Waals surface area contributed by atoms with Gasteiger partial charge in [-0.15, -0.1) is 10.2 Å². The number of amides is 2. The van der Waals surface area contributed by atoms with Crippen molar-refractivity contribution in [1.29, 1.82) is 0 Å². The molecule has 1 aromatic heterocycles. The van der Waals surface area contributed by atoms with Gasteiger partial charge in [0.15, 0.2) is 10.6 Å². The van der Waals surface area contributed by atoms with Gasteiger partial charge in [0.2, 0.25) is 0 Å². The molecule has 1 aliphatic heterocycles. The van der Waals surface area contributed by atoms with Gasteiger partial charge in [-0.2, -0.15) is 0 Å². The highest BCUT2D eigenvalue weighted by Gasteiger charge is 2.38. The number of nitrogens with one attached hydrogen (secondary N) is 2. The number of aromatic nitrogens is 2. The van der Waals surface area contributed by atoms with Crippen molar-refractivity contribution in [2.75, 3.05) is 18.2 Å². The van der Waals surface area contributed by atoms with Crippen molar-refractivity contribution in [3.8, 4) is 0 Å². The maximum Gasteiger partial charge on any atom is 0.328 e. The van der Waals surface area contributed by atoms with Gasteiger partial charge in [0.1, 0.15) is 11.0 Å². The van der Waals surface area contributed by atoms with Gasteiger partial charge in [-0.3, -0.25) is 0 Å². The second kappa shape index (κ2) is 15.5. The predicted octanol–water partition coefficient (Wildman–Crippen LogP) is 5.83. The molecule has 0 aliphatic carbocycles. The van der Waals surface area contributed by atoms with E-state index in [2.05, 4.69) is 27.8 Å². The highest BCUT2D eigenvalue weighted by atomic mass is 32.2. The van der Waals surface area contributed by atoms with E-state index in [9.17, 15) is 14.7 Å². The number of urea groups is 1. The van der Waals surface area contributed by atoms with Crippen molar-refractivity contribution >= 4 is 40.8 Å². The summed E-state index contributed by atoms with van der Waals surface area (Å²) >= 11 is 3.15. The number of carbonyl (C=O) groups excluding carboxylic acids is 2. The molecule has 3 N–H and O–H groups in total. The lowest BCUT2D eigenvalue weighted by Gasteiger charge is -2.41. The molecular formula is C33H36N4O6S2. The number of methoxy groups -OCH3 is 1. The van der Waals surface area contributed by atoms with Gasteiger partial charge in [0.25, 0.3) is 0 Å². The third-order valence-electron chi connectivity index (χ3n) is 7.49. The number of thioether (sulfide) groups is 1. The number of benzene rings is 3. The van der Waals surface area contributed by atoms with E-state index in [1.807, 2.05) is 73.7 Å². The third kappa shape index (κ3) is 8.68. The Labute approximate surface area is 270 Å². The SMILES string of the molecule is COC(=O)[C@H](Cc1ccccc1)NC(=O)Nc1cccc([C@H]2O[C@@H](CSc3nnc(C)s3)[C@@H](C)[C@@H](c3ccc(CO)cc3)O2)c1. The number of ether oxygens (including phenoxy) is 3. The average molecular weight is 649 g/mol. The molecule has 0 unspecified atom stereocenters. The average Bonchev–Trinajstić information content (AvgIpc) is 3.49. The Balaban J connectivity index is 1.32. The molecule has 0 radical (unpaired) electrons. The zero-order chi connectivity index (χ0) is 31.8. The van der Waals surface area contributed by atoms with E-state index in [4.69, 9.17) is 14.2 Å². The Hall–Kier alpha value is -3.81. The van der Waals surface area contributed by atoms with Crippen LogP contribution >= 0.6 is 23.1 Å². The molecule has 1 saturated heterocycles. The first kappa shape index (κ1) is 32.6. The van der Waals surface area contributed by atoms with E-state index >= 15 is 0 Å². The van der Waals surface area contributed by atoms with Crippen LogP contribution in [0.25, 0.3) is 0 Å². The lowest BCUT2D eigenvalue weighted by Crippen LogP contribution is -2.45. The summed E-state index contributed by atoms with van der Waals surface area (Å²) in [6.07, 6.45) is -0.882. The van der Waals surface area contributed by atoms with Crippen LogP contribution in [0.2, 0.25) is 0 Å². The Morgan fingerprint density at radius 1 is 1.00 bits per heavy atom. The number of hydrogen-bond donors (Lipinski definition) is 3. The highest BCUT2D eigenvalue weighted by Crippen LogP contribution is 2.43. The largest absolute Gasteiger partial charge is 0.467 e. The molecule has 0 bridgehead atoms. The molecule has 4 aromatic rings. The fraction of sp³-hybridized carbons (Fsp3) is 0.333. The molecule has 2 amide bonds. The number of nitrogens with zero attached hydrogens (tertiary/aromatic N) is 2. The van der Waals surface area contributed by atoms with E-state index < -0.39 is 24.3 Å². The Kier molecular flexibility index (Phi) is 11.2. The summed E-state index contributed by atoms with van der Waals surface area (Å²) in [5, 5.41) is 24.4. The van der Waals surface area contributed by atoms with Gasteiger partial charge in [-0.1, -0.05) is 96.8 Å². The van der Waals surface area contributed by atoms with Crippen molar-refractivity contribution in [3.05, 3.63) is 106 Å². The number of hydrogen-bond acceptors (Lipinski definition) is 10. The van der Waals surface area contributed by atoms with Crippen molar-refractivity contribution in [2.45, 2.75) is 55.8 Å². The van der Waals surface area contributed by atoms with Crippen molar-refractivity contribution in [1.82, 2.24) is 15.5 Å². The molecule has 2 heterocycles. The molecule has 45 heavy (non-hydrogen) atoms. The maximum atomic E-state index is 13.0. The van der Waals surface area contributed by atoms with Gasteiger partial charge in [-0.25, -0.2) is 9.59 Å². The molecule has 5 rings (SSSR count). The summed E-state index contributed by atoms with van der Waals surface area (Å²) in [7, 11) is 1.29. The highest BCUT2D eigenvalue weighted by molar-refractivity contribution is 8.01. The number of carbonyl (C=O) groups is 2. The predicted molar refractivity (Wildman–Crippen MR) is 173 cm³/mol. The molecule has 236 valence electrons. The lowest BCUT2D eigenvalue weighted by atomic mass is 9.91. The number of rotatable bonds is 11. The van der Waals surface area contributed by atoms with E-state index in [-0.39, 0.29) is 24.7 Å². The van der Waals surface area contributed by atoms with Crippen molar-refractivity contribution in [3.63, 3.8) is 0 Å². The smallest absolute Gasteiger partial charge is 0.328 e. The van der Waals surface area contributed by atoms with Gasteiger partial charge in [0, 0.05) is 29.3 Å². The summed E-state index contributed by atoms with van der Waals surface area (Å²) in [6.45, 7) is 4.00. The number of esters is 1. The Morgan fingerprint density at radius 2 is 1.78 bits per heavy atom. The second-order valence-corrected chi connectivity index (χ2v) is 13.2. The number of anilines is 1. The quantitative estimate of drug-likeness (QED) is 0.136. The summed E-state index contributed by atoms with van der Waals surface area (Å²) in [5.74, 6) is 0.124. The van der Waals surface area contributed by atoms with Crippen LogP contribution in [0, 0.1) is 12.8 Å². The van der Waals surface area contributed by atoms with Crippen molar-refractivity contribution < 1.29 is 28.9 Å². The Bertz CT molecular complexity index is 1570. The van der Waals surface area contributed by atoms with Crippen LogP contribution in [-0.4, -0.2) is 52.3 Å². The summed E-state index contributed by atoms with van der Waals surface area (Å²) < 4.78 is 18.9. The van der Waals surface area contributed by atoms with Gasteiger partial charge < -0.3 is 30.0 Å².